The highest BCUT2D eigenvalue weighted by molar-refractivity contribution is 5.82. The molecule has 3 aromatic rings. The van der Waals surface area contributed by atoms with Crippen molar-refractivity contribution in [1.82, 2.24) is 24.6 Å². The smallest absolute Gasteiger partial charge is 0.159 e. The summed E-state index contributed by atoms with van der Waals surface area (Å²) in [5.41, 5.74) is 2.38. The predicted octanol–water partition coefficient (Wildman–Crippen LogP) is 2.53. The molecule has 34 heavy (non-hydrogen) atoms. The SMILES string of the molecule is Cc1nc(N2CC(C)(O)C2)cc(-n2ncc3cc(C)c(C4CCN(C5COC5)CC4F)cc32)n1. The molecule has 1 N–H and O–H groups in total. The fourth-order valence-corrected chi connectivity index (χ4v) is 5.58. The number of piperidine rings is 1. The minimum Gasteiger partial charge on any atom is -0.386 e. The molecule has 2 atom stereocenters. The Morgan fingerprint density at radius 1 is 1.12 bits per heavy atom. The zero-order valence-corrected chi connectivity index (χ0v) is 19.9. The van der Waals surface area contributed by atoms with Gasteiger partial charge in [0.15, 0.2) is 5.82 Å². The zero-order chi connectivity index (χ0) is 23.6. The Morgan fingerprint density at radius 2 is 1.88 bits per heavy atom. The number of halogens is 1. The lowest BCUT2D eigenvalue weighted by Crippen LogP contribution is -2.60. The van der Waals surface area contributed by atoms with E-state index in [1.807, 2.05) is 35.7 Å². The summed E-state index contributed by atoms with van der Waals surface area (Å²) in [6.07, 6.45) is 1.72. The fourth-order valence-electron chi connectivity index (χ4n) is 5.58. The van der Waals surface area contributed by atoms with E-state index in [1.165, 1.54) is 0 Å². The number of hydrogen-bond acceptors (Lipinski definition) is 7. The number of likely N-dealkylation sites (tertiary alicyclic amines) is 1. The summed E-state index contributed by atoms with van der Waals surface area (Å²) in [4.78, 5) is 13.5. The highest BCUT2D eigenvalue weighted by Crippen LogP contribution is 2.36. The van der Waals surface area contributed by atoms with Gasteiger partial charge in [-0.15, -0.1) is 0 Å². The maximum absolute atomic E-state index is 15.4. The number of rotatable bonds is 4. The second kappa shape index (κ2) is 7.96. The van der Waals surface area contributed by atoms with Crippen molar-refractivity contribution in [2.45, 2.75) is 50.9 Å². The number of alkyl halides is 1. The van der Waals surface area contributed by atoms with E-state index < -0.39 is 11.8 Å². The lowest BCUT2D eigenvalue weighted by atomic mass is 9.84. The Morgan fingerprint density at radius 3 is 2.56 bits per heavy atom. The first-order chi connectivity index (χ1) is 16.3. The van der Waals surface area contributed by atoms with Crippen molar-refractivity contribution in [2.24, 2.45) is 0 Å². The van der Waals surface area contributed by atoms with Crippen molar-refractivity contribution < 1.29 is 14.2 Å². The number of aryl methyl sites for hydroxylation is 2. The molecule has 0 amide bonds. The van der Waals surface area contributed by atoms with E-state index in [9.17, 15) is 5.11 Å². The van der Waals surface area contributed by atoms with Gasteiger partial charge >= 0.3 is 0 Å². The highest BCUT2D eigenvalue weighted by atomic mass is 19.1. The van der Waals surface area contributed by atoms with E-state index >= 15 is 4.39 Å². The quantitative estimate of drug-likeness (QED) is 0.633. The van der Waals surface area contributed by atoms with Crippen LogP contribution in [0.1, 0.15) is 36.2 Å². The summed E-state index contributed by atoms with van der Waals surface area (Å²) < 4.78 is 22.5. The monoisotopic (exact) mass is 466 g/mol. The molecule has 8 nitrogen and oxygen atoms in total. The van der Waals surface area contributed by atoms with Crippen LogP contribution in [0.5, 0.6) is 0 Å². The van der Waals surface area contributed by atoms with Gasteiger partial charge in [0.05, 0.1) is 36.6 Å². The third-order valence-electron chi connectivity index (χ3n) is 7.48. The summed E-state index contributed by atoms with van der Waals surface area (Å²) in [7, 11) is 0. The molecule has 5 heterocycles. The van der Waals surface area contributed by atoms with Crippen molar-refractivity contribution in [1.29, 1.82) is 0 Å². The van der Waals surface area contributed by atoms with Crippen LogP contribution in [0, 0.1) is 13.8 Å². The molecular formula is C25H31FN6O2. The summed E-state index contributed by atoms with van der Waals surface area (Å²) in [5, 5.41) is 15.8. The fraction of sp³-hybridized carbons (Fsp3) is 0.560. The van der Waals surface area contributed by atoms with Gasteiger partial charge in [-0.3, -0.25) is 4.90 Å². The number of nitrogens with zero attached hydrogens (tertiary/aromatic N) is 6. The van der Waals surface area contributed by atoms with Crippen LogP contribution in [0.2, 0.25) is 0 Å². The molecule has 9 heteroatoms. The summed E-state index contributed by atoms with van der Waals surface area (Å²) in [5.74, 6) is 1.97. The van der Waals surface area contributed by atoms with E-state index in [0.29, 0.717) is 37.3 Å². The van der Waals surface area contributed by atoms with Gasteiger partial charge in [0.1, 0.15) is 17.8 Å². The Hall–Kier alpha value is -2.62. The van der Waals surface area contributed by atoms with Crippen LogP contribution in [0.4, 0.5) is 10.2 Å². The molecule has 3 fully saturated rings. The van der Waals surface area contributed by atoms with Crippen LogP contribution < -0.4 is 4.90 Å². The molecule has 3 aliphatic heterocycles. The second-order valence-electron chi connectivity index (χ2n) is 10.4. The molecule has 2 unspecified atom stereocenters. The number of anilines is 1. The maximum atomic E-state index is 15.4. The largest absolute Gasteiger partial charge is 0.386 e. The Balaban J connectivity index is 1.33. The first-order valence-corrected chi connectivity index (χ1v) is 12.0. The van der Waals surface area contributed by atoms with Gasteiger partial charge in [-0.2, -0.15) is 5.10 Å². The van der Waals surface area contributed by atoms with E-state index in [0.717, 1.165) is 54.0 Å². The van der Waals surface area contributed by atoms with Crippen LogP contribution in [0.15, 0.2) is 24.4 Å². The minimum absolute atomic E-state index is 0.129. The zero-order valence-electron chi connectivity index (χ0n) is 19.9. The van der Waals surface area contributed by atoms with Crippen molar-refractivity contribution >= 4 is 16.7 Å². The Bertz CT molecular complexity index is 1230. The highest BCUT2D eigenvalue weighted by Gasteiger charge is 2.38. The standard InChI is InChI=1S/C25H31FN6O2/c1-15-6-17-9-27-32(24-8-23(28-16(2)29-24)31-13-25(3,33)14-31)22(17)7-20(15)19-4-5-30(10-21(19)26)18-11-34-12-18/h6-9,18-19,21,33H,4-5,10-14H2,1-3H3. The molecule has 6 rings (SSSR count). The van der Waals surface area contributed by atoms with Gasteiger partial charge in [0.2, 0.25) is 0 Å². The minimum atomic E-state index is -0.908. The number of aromatic nitrogens is 4. The number of benzene rings is 1. The summed E-state index contributed by atoms with van der Waals surface area (Å²) >= 11 is 0. The first kappa shape index (κ1) is 21.9. The van der Waals surface area contributed by atoms with E-state index in [1.54, 1.807) is 0 Å². The molecule has 3 saturated heterocycles. The number of ether oxygens (including phenoxy) is 1. The van der Waals surface area contributed by atoms with Gasteiger partial charge in [-0.05, 0) is 57.0 Å². The van der Waals surface area contributed by atoms with E-state index in [-0.39, 0.29) is 5.92 Å². The molecule has 0 saturated carbocycles. The van der Waals surface area contributed by atoms with Gasteiger partial charge in [0, 0.05) is 37.0 Å². The maximum Gasteiger partial charge on any atom is 0.159 e. The Labute approximate surface area is 198 Å². The summed E-state index contributed by atoms with van der Waals surface area (Å²) in [6, 6.07) is 6.48. The molecule has 1 aromatic carbocycles. The summed E-state index contributed by atoms with van der Waals surface area (Å²) in [6.45, 7) is 9.62. The Kier molecular flexibility index (Phi) is 5.13. The third kappa shape index (κ3) is 3.76. The first-order valence-electron chi connectivity index (χ1n) is 12.0. The third-order valence-corrected chi connectivity index (χ3v) is 7.48. The van der Waals surface area contributed by atoms with Crippen LogP contribution >= 0.6 is 0 Å². The molecule has 3 aliphatic rings. The van der Waals surface area contributed by atoms with Crippen LogP contribution in [0.3, 0.4) is 0 Å². The molecular weight excluding hydrogens is 435 g/mol. The topological polar surface area (TPSA) is 79.5 Å². The lowest BCUT2D eigenvalue weighted by molar-refractivity contribution is -0.0807. The number of fused-ring (bicyclic) bond motifs is 1. The van der Waals surface area contributed by atoms with Crippen molar-refractivity contribution in [3.63, 3.8) is 0 Å². The molecule has 2 aromatic heterocycles. The number of β-amino-alcohol motifs (C(OH)–C–C–N with tert-alkyl or cyclic N) is 1. The van der Waals surface area contributed by atoms with Crippen molar-refractivity contribution in [3.8, 4) is 5.82 Å². The van der Waals surface area contributed by atoms with Crippen LogP contribution in [-0.4, -0.2) is 87.0 Å². The normalized spacial score (nSPS) is 25.4. The number of aliphatic hydroxyl groups is 1. The van der Waals surface area contributed by atoms with Gasteiger partial charge in [0.25, 0.3) is 0 Å². The van der Waals surface area contributed by atoms with Crippen molar-refractivity contribution in [2.75, 3.05) is 44.3 Å². The second-order valence-corrected chi connectivity index (χ2v) is 10.4. The molecule has 0 spiro atoms. The molecule has 0 radical (unpaired) electrons. The molecule has 180 valence electrons. The predicted molar refractivity (Wildman–Crippen MR) is 127 cm³/mol. The average Bonchev–Trinajstić information content (AvgIpc) is 3.12. The molecule has 0 aliphatic carbocycles. The number of hydrogen-bond donors (Lipinski definition) is 1. The van der Waals surface area contributed by atoms with E-state index in [2.05, 4.69) is 39.0 Å². The van der Waals surface area contributed by atoms with Crippen molar-refractivity contribution in [3.05, 3.63) is 41.3 Å². The van der Waals surface area contributed by atoms with Crippen LogP contribution in [-0.2, 0) is 4.74 Å². The lowest BCUT2D eigenvalue weighted by Gasteiger charge is -2.45. The van der Waals surface area contributed by atoms with Gasteiger partial charge < -0.3 is 14.7 Å². The average molecular weight is 467 g/mol. The van der Waals surface area contributed by atoms with Gasteiger partial charge in [-0.1, -0.05) is 0 Å². The van der Waals surface area contributed by atoms with E-state index in [4.69, 9.17) is 4.74 Å². The molecule has 0 bridgehead atoms. The van der Waals surface area contributed by atoms with Crippen LogP contribution in [0.25, 0.3) is 16.7 Å². The van der Waals surface area contributed by atoms with Gasteiger partial charge in [-0.25, -0.2) is 19.0 Å².